The molecule has 138 valence electrons. The fourth-order valence-electron chi connectivity index (χ4n) is 3.02. The van der Waals surface area contributed by atoms with Gasteiger partial charge in [0.15, 0.2) is 0 Å². The summed E-state index contributed by atoms with van der Waals surface area (Å²) in [6, 6.07) is 17.9. The lowest BCUT2D eigenvalue weighted by atomic mass is 10.2. The Bertz CT molecular complexity index is 701. The maximum absolute atomic E-state index is 12.9. The first-order chi connectivity index (χ1) is 12.7. The number of rotatable bonds is 8. The molecule has 0 bridgehead atoms. The van der Waals surface area contributed by atoms with Gasteiger partial charge in [-0.25, -0.2) is 0 Å². The van der Waals surface area contributed by atoms with Crippen LogP contribution in [0, 0.1) is 0 Å². The van der Waals surface area contributed by atoms with Crippen molar-refractivity contribution in [3.63, 3.8) is 0 Å². The van der Waals surface area contributed by atoms with Gasteiger partial charge in [0, 0.05) is 24.6 Å². The summed E-state index contributed by atoms with van der Waals surface area (Å²) in [7, 11) is 1.65. The first kappa shape index (κ1) is 18.8. The molecular weight excluding hydrogens is 346 g/mol. The van der Waals surface area contributed by atoms with E-state index < -0.39 is 0 Å². The van der Waals surface area contributed by atoms with E-state index in [4.69, 9.17) is 9.47 Å². The Hall–Kier alpha value is -1.98. The Kier molecular flexibility index (Phi) is 6.97. The SMILES string of the molecule is COc1cccc(SCC(=O)N(Cc2ccccc2)C[C@H]2CCCO2)c1. The predicted molar refractivity (Wildman–Crippen MR) is 105 cm³/mol. The van der Waals surface area contributed by atoms with Crippen LogP contribution < -0.4 is 4.74 Å². The second-order valence-corrected chi connectivity index (χ2v) is 7.41. The molecule has 2 aromatic carbocycles. The minimum Gasteiger partial charge on any atom is -0.497 e. The number of hydrogen-bond acceptors (Lipinski definition) is 4. The van der Waals surface area contributed by atoms with E-state index in [0.29, 0.717) is 18.8 Å². The minimum atomic E-state index is 0.136. The quantitative estimate of drug-likeness (QED) is 0.658. The Morgan fingerprint density at radius 3 is 2.81 bits per heavy atom. The van der Waals surface area contributed by atoms with Crippen molar-refractivity contribution in [1.82, 2.24) is 4.90 Å². The molecule has 26 heavy (non-hydrogen) atoms. The number of benzene rings is 2. The van der Waals surface area contributed by atoms with Gasteiger partial charge in [-0.15, -0.1) is 11.8 Å². The topological polar surface area (TPSA) is 38.8 Å². The third kappa shape index (κ3) is 5.51. The van der Waals surface area contributed by atoms with E-state index in [2.05, 4.69) is 12.1 Å². The van der Waals surface area contributed by atoms with E-state index in [1.54, 1.807) is 18.9 Å². The van der Waals surface area contributed by atoms with Crippen LogP contribution in [0.25, 0.3) is 0 Å². The molecule has 4 nitrogen and oxygen atoms in total. The average molecular weight is 372 g/mol. The fraction of sp³-hybridized carbons (Fsp3) is 0.381. The van der Waals surface area contributed by atoms with Crippen LogP contribution in [0.1, 0.15) is 18.4 Å². The molecule has 0 aromatic heterocycles. The zero-order chi connectivity index (χ0) is 18.2. The molecule has 0 aliphatic carbocycles. The van der Waals surface area contributed by atoms with Crippen molar-refractivity contribution >= 4 is 17.7 Å². The Morgan fingerprint density at radius 1 is 1.23 bits per heavy atom. The average Bonchev–Trinajstić information content (AvgIpc) is 3.20. The van der Waals surface area contributed by atoms with Gasteiger partial charge in [0.25, 0.3) is 0 Å². The molecule has 2 aromatic rings. The van der Waals surface area contributed by atoms with Crippen LogP contribution in [0.2, 0.25) is 0 Å². The molecule has 1 heterocycles. The molecule has 0 spiro atoms. The summed E-state index contributed by atoms with van der Waals surface area (Å²) in [4.78, 5) is 15.8. The van der Waals surface area contributed by atoms with Gasteiger partial charge in [-0.3, -0.25) is 4.79 Å². The van der Waals surface area contributed by atoms with Gasteiger partial charge in [-0.2, -0.15) is 0 Å². The molecule has 0 saturated carbocycles. The number of amides is 1. The van der Waals surface area contributed by atoms with Gasteiger partial charge >= 0.3 is 0 Å². The number of carbonyl (C=O) groups excluding carboxylic acids is 1. The van der Waals surface area contributed by atoms with E-state index in [1.807, 2.05) is 47.4 Å². The van der Waals surface area contributed by atoms with Crippen LogP contribution in [0.15, 0.2) is 59.5 Å². The molecule has 1 aliphatic rings. The number of methoxy groups -OCH3 is 1. The largest absolute Gasteiger partial charge is 0.497 e. The van der Waals surface area contributed by atoms with Crippen molar-refractivity contribution in [2.75, 3.05) is 26.0 Å². The monoisotopic (exact) mass is 371 g/mol. The van der Waals surface area contributed by atoms with Crippen molar-refractivity contribution in [2.45, 2.75) is 30.4 Å². The smallest absolute Gasteiger partial charge is 0.233 e. The van der Waals surface area contributed by atoms with Gasteiger partial charge in [0.1, 0.15) is 5.75 Å². The van der Waals surface area contributed by atoms with Crippen molar-refractivity contribution in [3.05, 3.63) is 60.2 Å². The highest BCUT2D eigenvalue weighted by molar-refractivity contribution is 8.00. The van der Waals surface area contributed by atoms with Gasteiger partial charge in [0.05, 0.1) is 19.0 Å². The molecule has 3 rings (SSSR count). The van der Waals surface area contributed by atoms with Gasteiger partial charge < -0.3 is 14.4 Å². The second-order valence-electron chi connectivity index (χ2n) is 6.36. The third-order valence-corrected chi connectivity index (χ3v) is 5.40. The lowest BCUT2D eigenvalue weighted by molar-refractivity contribution is -0.130. The normalized spacial score (nSPS) is 16.4. The molecule has 1 saturated heterocycles. The zero-order valence-corrected chi connectivity index (χ0v) is 15.9. The number of nitrogens with zero attached hydrogens (tertiary/aromatic N) is 1. The standard InChI is InChI=1S/C21H25NO3S/c1-24-18-9-5-11-20(13-18)26-16-21(23)22(15-19-10-6-12-25-19)14-17-7-3-2-4-8-17/h2-5,7-9,11,13,19H,6,10,12,14-16H2,1H3/t19-/m1/s1. The summed E-state index contributed by atoms with van der Waals surface area (Å²) in [6.45, 7) is 2.08. The molecule has 1 fully saturated rings. The molecule has 5 heteroatoms. The van der Waals surface area contributed by atoms with Gasteiger partial charge in [-0.1, -0.05) is 36.4 Å². The Labute approximate surface area is 159 Å². The fourth-order valence-corrected chi connectivity index (χ4v) is 3.87. The molecule has 0 radical (unpaired) electrons. The number of thioether (sulfide) groups is 1. The van der Waals surface area contributed by atoms with Crippen molar-refractivity contribution in [3.8, 4) is 5.75 Å². The van der Waals surface area contributed by atoms with Crippen LogP contribution >= 0.6 is 11.8 Å². The van der Waals surface area contributed by atoms with E-state index in [-0.39, 0.29) is 12.0 Å². The summed E-state index contributed by atoms with van der Waals surface area (Å²) >= 11 is 1.54. The van der Waals surface area contributed by atoms with Crippen LogP contribution in [0.3, 0.4) is 0 Å². The summed E-state index contributed by atoms with van der Waals surface area (Å²) in [6.07, 6.45) is 2.27. The summed E-state index contributed by atoms with van der Waals surface area (Å²) in [5.41, 5.74) is 1.14. The summed E-state index contributed by atoms with van der Waals surface area (Å²) < 4.78 is 11.0. The van der Waals surface area contributed by atoms with Crippen LogP contribution in [-0.2, 0) is 16.1 Å². The maximum atomic E-state index is 12.9. The van der Waals surface area contributed by atoms with Crippen LogP contribution in [0.5, 0.6) is 5.75 Å². The molecular formula is C21H25NO3S. The van der Waals surface area contributed by atoms with E-state index in [1.165, 1.54) is 0 Å². The highest BCUT2D eigenvalue weighted by Gasteiger charge is 2.22. The predicted octanol–water partition coefficient (Wildman–Crippen LogP) is 4.00. The molecule has 0 N–H and O–H groups in total. The number of carbonyl (C=O) groups is 1. The van der Waals surface area contributed by atoms with E-state index in [9.17, 15) is 4.79 Å². The Balaban J connectivity index is 1.62. The maximum Gasteiger partial charge on any atom is 0.233 e. The highest BCUT2D eigenvalue weighted by atomic mass is 32.2. The lowest BCUT2D eigenvalue weighted by Gasteiger charge is -2.25. The molecule has 1 amide bonds. The van der Waals surface area contributed by atoms with Gasteiger partial charge in [-0.05, 0) is 36.6 Å². The van der Waals surface area contributed by atoms with E-state index >= 15 is 0 Å². The number of hydrogen-bond donors (Lipinski definition) is 0. The minimum absolute atomic E-state index is 0.136. The van der Waals surface area contributed by atoms with E-state index in [0.717, 1.165) is 35.7 Å². The first-order valence-electron chi connectivity index (χ1n) is 8.95. The first-order valence-corrected chi connectivity index (χ1v) is 9.93. The third-order valence-electron chi connectivity index (χ3n) is 4.42. The molecule has 1 atom stereocenters. The van der Waals surface area contributed by atoms with Crippen LogP contribution in [0.4, 0.5) is 0 Å². The van der Waals surface area contributed by atoms with Crippen molar-refractivity contribution < 1.29 is 14.3 Å². The molecule has 1 aliphatic heterocycles. The summed E-state index contributed by atoms with van der Waals surface area (Å²) in [5, 5.41) is 0. The number of ether oxygens (including phenoxy) is 2. The van der Waals surface area contributed by atoms with Crippen LogP contribution in [-0.4, -0.2) is 42.9 Å². The highest BCUT2D eigenvalue weighted by Crippen LogP contribution is 2.24. The van der Waals surface area contributed by atoms with Crippen molar-refractivity contribution in [1.29, 1.82) is 0 Å². The second kappa shape index (κ2) is 9.64. The van der Waals surface area contributed by atoms with Crippen molar-refractivity contribution in [2.24, 2.45) is 0 Å². The van der Waals surface area contributed by atoms with Gasteiger partial charge in [0.2, 0.25) is 5.91 Å². The lowest BCUT2D eigenvalue weighted by Crippen LogP contribution is -2.38. The zero-order valence-electron chi connectivity index (χ0n) is 15.1. The Morgan fingerprint density at radius 2 is 2.08 bits per heavy atom. The summed E-state index contributed by atoms with van der Waals surface area (Å²) in [5.74, 6) is 1.35. The molecule has 0 unspecified atom stereocenters.